The molecule has 66 valence electrons. The summed E-state index contributed by atoms with van der Waals surface area (Å²) in [5, 5.41) is 8.26. The number of aromatic nitrogens is 1. The van der Waals surface area contributed by atoms with E-state index in [-0.39, 0.29) is 5.69 Å². The van der Waals surface area contributed by atoms with Crippen molar-refractivity contribution < 1.29 is 18.4 Å². The lowest BCUT2D eigenvalue weighted by Gasteiger charge is -2.05. The van der Waals surface area contributed by atoms with Crippen LogP contribution in [0.25, 0.3) is 0 Å². The van der Waals surface area contributed by atoms with E-state index in [0.29, 0.717) is 0 Å². The van der Waals surface area contributed by atoms with Crippen LogP contribution in [0, 0.1) is 0 Å². The van der Waals surface area contributed by atoms with Crippen LogP contribution in [-0.4, -0.2) is 10.2 Å². The smallest absolute Gasteiger partial charge is 0.291 e. The van der Waals surface area contributed by atoms with Gasteiger partial charge in [0, 0.05) is 0 Å². The summed E-state index contributed by atoms with van der Waals surface area (Å²) in [6.45, 7) is 0. The molecule has 0 aliphatic heterocycles. The lowest BCUT2D eigenvalue weighted by Crippen LogP contribution is -2.07. The van der Waals surface area contributed by atoms with Gasteiger partial charge in [-0.3, -0.25) is 10.7 Å². The molecule has 2 N–H and O–H groups in total. The number of anilines is 1. The van der Waals surface area contributed by atoms with Crippen LogP contribution in [0.1, 0.15) is 5.69 Å². The van der Waals surface area contributed by atoms with Crippen molar-refractivity contribution in [3.05, 3.63) is 24.0 Å². The van der Waals surface area contributed by atoms with Gasteiger partial charge >= 0.3 is 6.18 Å². The largest absolute Gasteiger partial charge is 0.433 e. The summed E-state index contributed by atoms with van der Waals surface area (Å²) in [5.74, 6) is 0. The zero-order chi connectivity index (χ0) is 9.19. The first kappa shape index (κ1) is 8.79. The quantitative estimate of drug-likeness (QED) is 0.645. The molecule has 6 heteroatoms. The molecule has 0 spiro atoms. The molecule has 0 aliphatic carbocycles. The van der Waals surface area contributed by atoms with Crippen LogP contribution >= 0.6 is 0 Å². The molecule has 0 amide bonds. The topological polar surface area (TPSA) is 45.1 Å². The number of hydrogen-bond donors (Lipinski definition) is 2. The predicted molar refractivity (Wildman–Crippen MR) is 34.6 cm³/mol. The minimum atomic E-state index is -4.44. The highest BCUT2D eigenvalue weighted by atomic mass is 19.4. The van der Waals surface area contributed by atoms with Gasteiger partial charge in [-0.2, -0.15) is 13.2 Å². The van der Waals surface area contributed by atoms with Crippen molar-refractivity contribution in [3.8, 4) is 0 Å². The molecule has 1 rings (SSSR count). The Balaban J connectivity index is 2.93. The molecule has 0 radical (unpaired) electrons. The van der Waals surface area contributed by atoms with Crippen molar-refractivity contribution >= 4 is 5.69 Å². The normalized spacial score (nSPS) is 11.3. The molecule has 0 fully saturated rings. The molecule has 0 bridgehead atoms. The van der Waals surface area contributed by atoms with E-state index in [1.54, 1.807) is 5.48 Å². The minimum Gasteiger partial charge on any atom is -0.291 e. The van der Waals surface area contributed by atoms with Gasteiger partial charge < -0.3 is 0 Å². The standard InChI is InChI=1S/C6H5F3N2O/c7-6(8,9)5-2-1-4(11-12)3-10-5/h1-3,11-12H. The molecular weight excluding hydrogens is 173 g/mol. The first-order valence-corrected chi connectivity index (χ1v) is 2.97. The summed E-state index contributed by atoms with van der Waals surface area (Å²) < 4.78 is 35.6. The van der Waals surface area contributed by atoms with Crippen LogP contribution < -0.4 is 5.48 Å². The van der Waals surface area contributed by atoms with Crippen molar-refractivity contribution in [3.63, 3.8) is 0 Å². The average molecular weight is 178 g/mol. The molecule has 0 atom stereocenters. The lowest BCUT2D eigenvalue weighted by molar-refractivity contribution is -0.141. The molecule has 1 heterocycles. The maximum Gasteiger partial charge on any atom is 0.433 e. The number of nitrogens with zero attached hydrogens (tertiary/aromatic N) is 1. The maximum atomic E-state index is 11.9. The third-order valence-electron chi connectivity index (χ3n) is 1.18. The summed E-state index contributed by atoms with van der Waals surface area (Å²) >= 11 is 0. The Kier molecular flexibility index (Phi) is 2.18. The lowest BCUT2D eigenvalue weighted by atomic mass is 10.3. The fourth-order valence-corrected chi connectivity index (χ4v) is 0.628. The van der Waals surface area contributed by atoms with E-state index in [1.807, 2.05) is 0 Å². The zero-order valence-electron chi connectivity index (χ0n) is 5.76. The molecule has 1 aromatic rings. The minimum absolute atomic E-state index is 0.114. The van der Waals surface area contributed by atoms with E-state index in [0.717, 1.165) is 18.3 Å². The molecule has 12 heavy (non-hydrogen) atoms. The van der Waals surface area contributed by atoms with Crippen molar-refractivity contribution in [1.29, 1.82) is 0 Å². The van der Waals surface area contributed by atoms with Crippen molar-refractivity contribution in [1.82, 2.24) is 4.98 Å². The van der Waals surface area contributed by atoms with Crippen molar-refractivity contribution in [2.45, 2.75) is 6.18 Å². The first-order valence-electron chi connectivity index (χ1n) is 2.97. The van der Waals surface area contributed by atoms with Gasteiger partial charge in [-0.25, -0.2) is 4.98 Å². The molecule has 0 aromatic carbocycles. The van der Waals surface area contributed by atoms with Crippen LogP contribution in [0.2, 0.25) is 0 Å². The number of nitrogens with one attached hydrogen (secondary N) is 1. The van der Waals surface area contributed by atoms with E-state index in [2.05, 4.69) is 4.98 Å². The second kappa shape index (κ2) is 2.98. The summed E-state index contributed by atoms with van der Waals surface area (Å²) in [4.78, 5) is 3.07. The fraction of sp³-hybridized carbons (Fsp3) is 0.167. The van der Waals surface area contributed by atoms with Gasteiger partial charge in [0.05, 0.1) is 11.9 Å². The Bertz CT molecular complexity index is 256. The van der Waals surface area contributed by atoms with Gasteiger partial charge in [0.1, 0.15) is 5.69 Å². The summed E-state index contributed by atoms with van der Waals surface area (Å²) in [5.41, 5.74) is 0.805. The molecule has 0 aliphatic rings. The number of rotatable bonds is 1. The highest BCUT2D eigenvalue weighted by Crippen LogP contribution is 2.27. The van der Waals surface area contributed by atoms with Gasteiger partial charge in [-0.15, -0.1) is 0 Å². The number of alkyl halides is 3. The van der Waals surface area contributed by atoms with E-state index in [4.69, 9.17) is 5.21 Å². The number of hydrogen-bond acceptors (Lipinski definition) is 3. The maximum absolute atomic E-state index is 11.9. The van der Waals surface area contributed by atoms with Gasteiger partial charge in [0.15, 0.2) is 0 Å². The van der Waals surface area contributed by atoms with E-state index < -0.39 is 11.9 Å². The molecule has 3 nitrogen and oxygen atoms in total. The average Bonchev–Trinajstić information content (AvgIpc) is 2.03. The van der Waals surface area contributed by atoms with Crippen LogP contribution in [0.5, 0.6) is 0 Å². The Hall–Kier alpha value is -1.30. The van der Waals surface area contributed by atoms with E-state index in [1.165, 1.54) is 0 Å². The Morgan fingerprint density at radius 2 is 2.00 bits per heavy atom. The van der Waals surface area contributed by atoms with Crippen LogP contribution in [-0.2, 0) is 6.18 Å². The van der Waals surface area contributed by atoms with Crippen LogP contribution in [0.15, 0.2) is 18.3 Å². The molecule has 0 saturated heterocycles. The fourth-order valence-electron chi connectivity index (χ4n) is 0.628. The predicted octanol–water partition coefficient (Wildman–Crippen LogP) is 1.90. The van der Waals surface area contributed by atoms with E-state index in [9.17, 15) is 13.2 Å². The summed E-state index contributed by atoms with van der Waals surface area (Å²) in [6, 6.07) is 1.86. The molecule has 0 unspecified atom stereocenters. The van der Waals surface area contributed by atoms with Gasteiger partial charge in [0.2, 0.25) is 0 Å². The Morgan fingerprint density at radius 1 is 1.33 bits per heavy atom. The SMILES string of the molecule is ONc1ccc(C(F)(F)F)nc1. The summed E-state index contributed by atoms with van der Waals surface area (Å²) in [7, 11) is 0. The highest BCUT2D eigenvalue weighted by molar-refractivity contribution is 5.38. The van der Waals surface area contributed by atoms with Crippen molar-refractivity contribution in [2.75, 3.05) is 5.48 Å². The van der Waals surface area contributed by atoms with E-state index >= 15 is 0 Å². The highest BCUT2D eigenvalue weighted by Gasteiger charge is 2.31. The number of pyridine rings is 1. The third-order valence-corrected chi connectivity index (χ3v) is 1.18. The van der Waals surface area contributed by atoms with Crippen LogP contribution in [0.3, 0.4) is 0 Å². The molecular formula is C6H5F3N2O. The van der Waals surface area contributed by atoms with Crippen molar-refractivity contribution in [2.24, 2.45) is 0 Å². The second-order valence-corrected chi connectivity index (χ2v) is 2.04. The molecule has 0 saturated carbocycles. The Morgan fingerprint density at radius 3 is 2.33 bits per heavy atom. The van der Waals surface area contributed by atoms with Gasteiger partial charge in [-0.05, 0) is 12.1 Å². The zero-order valence-corrected chi connectivity index (χ0v) is 5.76. The first-order chi connectivity index (χ1) is 5.54. The van der Waals surface area contributed by atoms with Gasteiger partial charge in [0.25, 0.3) is 0 Å². The summed E-state index contributed by atoms with van der Waals surface area (Å²) in [6.07, 6.45) is -3.54. The monoisotopic (exact) mass is 178 g/mol. The van der Waals surface area contributed by atoms with Crippen LogP contribution in [0.4, 0.5) is 18.9 Å². The third kappa shape index (κ3) is 1.85. The number of halogens is 3. The van der Waals surface area contributed by atoms with Gasteiger partial charge in [-0.1, -0.05) is 0 Å². The Labute approximate surface area is 65.8 Å². The second-order valence-electron chi connectivity index (χ2n) is 2.04. The molecule has 1 aromatic heterocycles.